The van der Waals surface area contributed by atoms with Crippen LogP contribution in [0.4, 0.5) is 0 Å². The summed E-state index contributed by atoms with van der Waals surface area (Å²) in [6.45, 7) is 4.90. The third kappa shape index (κ3) is 47.7. The molecule has 0 spiro atoms. The van der Waals surface area contributed by atoms with E-state index in [1.54, 1.807) is 0 Å². The van der Waals surface area contributed by atoms with Crippen LogP contribution in [-0.4, -0.2) is 47.4 Å². The van der Waals surface area contributed by atoms with E-state index in [0.29, 0.717) is 25.9 Å². The van der Waals surface area contributed by atoms with Crippen LogP contribution in [0, 0.1) is 0 Å². The van der Waals surface area contributed by atoms with Crippen molar-refractivity contribution in [1.82, 2.24) is 5.32 Å². The van der Waals surface area contributed by atoms with Crippen LogP contribution in [0.15, 0.2) is 24.3 Å². The lowest BCUT2D eigenvalue weighted by Gasteiger charge is -2.22. The molecule has 2 atom stereocenters. The number of ether oxygens (including phenoxy) is 1. The Morgan fingerprint density at radius 3 is 1.16 bits per heavy atom. The minimum absolute atomic E-state index is 0.0108. The standard InChI is InChI=1S/C55H105NO5/c1-3-5-7-9-11-13-15-16-17-18-19-20-23-26-29-33-37-41-45-49-55(60)61-50-46-42-38-34-30-27-24-21-22-25-28-32-36-40-44-48-54(59)56-52(51-57)53(58)47-43-39-35-31-14-12-10-8-6-4-2/h16-17,24,27,52-53,57-58H,3-15,18-23,25-26,28-51H2,1-2H3,(H,56,59)/b17-16-,27-24-. The SMILES string of the molecule is CCCCCCCC/C=C\CCCCCCCCCCCC(=O)OCCCCCC/C=C\CCCCCCCCCC(=O)NC(CO)C(O)CCCCCCCCCCCC. The number of esters is 1. The molecule has 360 valence electrons. The third-order valence-electron chi connectivity index (χ3n) is 12.5. The van der Waals surface area contributed by atoms with Gasteiger partial charge in [-0.25, -0.2) is 0 Å². The molecule has 0 aliphatic carbocycles. The van der Waals surface area contributed by atoms with Gasteiger partial charge in [-0.2, -0.15) is 0 Å². The van der Waals surface area contributed by atoms with Crippen LogP contribution in [-0.2, 0) is 14.3 Å². The molecule has 6 heteroatoms. The summed E-state index contributed by atoms with van der Waals surface area (Å²) in [5.74, 6) is -0.0627. The van der Waals surface area contributed by atoms with E-state index in [9.17, 15) is 19.8 Å². The fourth-order valence-electron chi connectivity index (χ4n) is 8.28. The van der Waals surface area contributed by atoms with Crippen molar-refractivity contribution in [3.8, 4) is 0 Å². The van der Waals surface area contributed by atoms with E-state index in [0.717, 1.165) is 70.6 Å². The number of allylic oxidation sites excluding steroid dienone is 4. The van der Waals surface area contributed by atoms with Crippen LogP contribution in [0.2, 0.25) is 0 Å². The normalized spacial score (nSPS) is 12.8. The second-order valence-electron chi connectivity index (χ2n) is 18.6. The first-order chi connectivity index (χ1) is 30.0. The number of carbonyl (C=O) groups is 2. The number of hydrogen-bond donors (Lipinski definition) is 3. The molecule has 0 rings (SSSR count). The van der Waals surface area contributed by atoms with E-state index in [-0.39, 0.29) is 18.5 Å². The molecule has 0 bridgehead atoms. The van der Waals surface area contributed by atoms with E-state index in [2.05, 4.69) is 43.5 Å². The first-order valence-electron chi connectivity index (χ1n) is 27.1. The van der Waals surface area contributed by atoms with E-state index in [1.165, 1.54) is 186 Å². The van der Waals surface area contributed by atoms with Gasteiger partial charge in [-0.05, 0) is 77.0 Å². The van der Waals surface area contributed by atoms with Crippen molar-refractivity contribution in [3.05, 3.63) is 24.3 Å². The number of unbranched alkanes of at least 4 members (excludes halogenated alkanes) is 35. The largest absolute Gasteiger partial charge is 0.466 e. The highest BCUT2D eigenvalue weighted by Crippen LogP contribution is 2.16. The van der Waals surface area contributed by atoms with E-state index in [4.69, 9.17) is 4.74 Å². The number of amides is 1. The number of hydrogen-bond acceptors (Lipinski definition) is 5. The number of aliphatic hydroxyl groups excluding tert-OH is 2. The van der Waals surface area contributed by atoms with Gasteiger partial charge in [-0.15, -0.1) is 0 Å². The quantitative estimate of drug-likeness (QED) is 0.0322. The summed E-state index contributed by atoms with van der Waals surface area (Å²) in [4.78, 5) is 24.5. The second-order valence-corrected chi connectivity index (χ2v) is 18.6. The summed E-state index contributed by atoms with van der Waals surface area (Å²) in [6, 6.07) is -0.551. The van der Waals surface area contributed by atoms with Crippen LogP contribution >= 0.6 is 0 Å². The van der Waals surface area contributed by atoms with Crippen LogP contribution in [0.5, 0.6) is 0 Å². The molecule has 0 fully saturated rings. The van der Waals surface area contributed by atoms with Crippen molar-refractivity contribution >= 4 is 11.9 Å². The van der Waals surface area contributed by atoms with Gasteiger partial charge in [0.25, 0.3) is 0 Å². The van der Waals surface area contributed by atoms with Crippen molar-refractivity contribution in [3.63, 3.8) is 0 Å². The highest BCUT2D eigenvalue weighted by Gasteiger charge is 2.20. The van der Waals surface area contributed by atoms with Gasteiger partial charge in [0.1, 0.15) is 0 Å². The monoisotopic (exact) mass is 860 g/mol. The Hall–Kier alpha value is -1.66. The fourth-order valence-corrected chi connectivity index (χ4v) is 8.28. The van der Waals surface area contributed by atoms with Crippen molar-refractivity contribution < 1.29 is 24.5 Å². The van der Waals surface area contributed by atoms with Crippen molar-refractivity contribution in [2.24, 2.45) is 0 Å². The first kappa shape index (κ1) is 59.3. The molecule has 0 saturated heterocycles. The summed E-state index contributed by atoms with van der Waals surface area (Å²) in [5, 5.41) is 23.1. The zero-order chi connectivity index (χ0) is 44.4. The molecule has 0 aromatic rings. The van der Waals surface area contributed by atoms with Gasteiger partial charge in [0.05, 0.1) is 25.4 Å². The summed E-state index contributed by atoms with van der Waals surface area (Å²) >= 11 is 0. The van der Waals surface area contributed by atoms with Gasteiger partial charge in [0.15, 0.2) is 0 Å². The summed E-state index contributed by atoms with van der Waals surface area (Å²) in [7, 11) is 0. The summed E-state index contributed by atoms with van der Waals surface area (Å²) < 4.78 is 5.47. The highest BCUT2D eigenvalue weighted by molar-refractivity contribution is 5.76. The third-order valence-corrected chi connectivity index (χ3v) is 12.5. The van der Waals surface area contributed by atoms with Gasteiger partial charge in [0.2, 0.25) is 5.91 Å². The zero-order valence-corrected chi connectivity index (χ0v) is 40.9. The summed E-state index contributed by atoms with van der Waals surface area (Å²) in [5.41, 5.74) is 0. The number of aliphatic hydroxyl groups is 2. The van der Waals surface area contributed by atoms with Crippen LogP contribution in [0.3, 0.4) is 0 Å². The topological polar surface area (TPSA) is 95.9 Å². The first-order valence-corrected chi connectivity index (χ1v) is 27.1. The molecule has 0 aromatic carbocycles. The fraction of sp³-hybridized carbons (Fsp3) is 0.891. The molecule has 0 saturated carbocycles. The molecule has 0 radical (unpaired) electrons. The van der Waals surface area contributed by atoms with Crippen molar-refractivity contribution in [2.45, 2.75) is 302 Å². The average molecular weight is 860 g/mol. The van der Waals surface area contributed by atoms with E-state index >= 15 is 0 Å². The van der Waals surface area contributed by atoms with Crippen molar-refractivity contribution in [2.75, 3.05) is 13.2 Å². The number of carbonyl (C=O) groups excluding carboxylic acids is 2. The van der Waals surface area contributed by atoms with Gasteiger partial charge in [-0.3, -0.25) is 9.59 Å². The number of rotatable bonds is 50. The maximum atomic E-state index is 12.4. The molecule has 0 aromatic heterocycles. The smallest absolute Gasteiger partial charge is 0.305 e. The minimum Gasteiger partial charge on any atom is -0.466 e. The molecule has 1 amide bonds. The molecule has 0 heterocycles. The lowest BCUT2D eigenvalue weighted by atomic mass is 10.0. The van der Waals surface area contributed by atoms with Crippen LogP contribution in [0.1, 0.15) is 290 Å². The maximum absolute atomic E-state index is 12.4. The molecule has 6 nitrogen and oxygen atoms in total. The van der Waals surface area contributed by atoms with E-state index < -0.39 is 12.1 Å². The summed E-state index contributed by atoms with van der Waals surface area (Å²) in [6.07, 6.45) is 60.2. The lowest BCUT2D eigenvalue weighted by molar-refractivity contribution is -0.143. The molecular weight excluding hydrogens is 755 g/mol. The molecule has 0 aliphatic rings. The minimum atomic E-state index is -0.672. The molecule has 3 N–H and O–H groups in total. The highest BCUT2D eigenvalue weighted by atomic mass is 16.5. The van der Waals surface area contributed by atoms with Crippen molar-refractivity contribution in [1.29, 1.82) is 0 Å². The predicted molar refractivity (Wildman–Crippen MR) is 264 cm³/mol. The molecular formula is C55H105NO5. The molecule has 2 unspecified atom stereocenters. The molecule has 0 aliphatic heterocycles. The van der Waals surface area contributed by atoms with Gasteiger partial charge in [-0.1, -0.05) is 224 Å². The Kier molecular flexibility index (Phi) is 49.6. The second kappa shape index (κ2) is 51.0. The van der Waals surface area contributed by atoms with Crippen LogP contribution in [0.25, 0.3) is 0 Å². The predicted octanol–water partition coefficient (Wildman–Crippen LogP) is 16.3. The maximum Gasteiger partial charge on any atom is 0.305 e. The Bertz CT molecular complexity index is 951. The Balaban J connectivity index is 3.43. The molecule has 61 heavy (non-hydrogen) atoms. The van der Waals surface area contributed by atoms with E-state index in [1.807, 2.05) is 0 Å². The zero-order valence-electron chi connectivity index (χ0n) is 40.9. The number of nitrogens with one attached hydrogen (secondary N) is 1. The Morgan fingerprint density at radius 2 is 0.770 bits per heavy atom. The van der Waals surface area contributed by atoms with Gasteiger partial charge in [0, 0.05) is 12.8 Å². The van der Waals surface area contributed by atoms with Gasteiger partial charge >= 0.3 is 5.97 Å². The Labute approximate surface area is 380 Å². The average Bonchev–Trinajstić information content (AvgIpc) is 3.26. The van der Waals surface area contributed by atoms with Crippen LogP contribution < -0.4 is 5.32 Å². The van der Waals surface area contributed by atoms with Gasteiger partial charge < -0.3 is 20.3 Å². The lowest BCUT2D eigenvalue weighted by Crippen LogP contribution is -2.45. The Morgan fingerprint density at radius 1 is 0.443 bits per heavy atom.